The molecule has 0 unspecified atom stereocenters. The molecular formula is C18H11ClF3N3O3S. The fraction of sp³-hybridized carbons (Fsp3) is 0.0556. The summed E-state index contributed by atoms with van der Waals surface area (Å²) in [5, 5.41) is 1.97. The Hall–Kier alpha value is -2.98. The normalized spacial score (nSPS) is 11.3. The summed E-state index contributed by atoms with van der Waals surface area (Å²) < 4.78 is 64.8. The molecule has 0 spiro atoms. The number of aromatic nitrogens is 2. The molecule has 11 heteroatoms. The van der Waals surface area contributed by atoms with Gasteiger partial charge in [-0.05, 0) is 35.9 Å². The van der Waals surface area contributed by atoms with Gasteiger partial charge in [-0.2, -0.15) is 13.8 Å². The molecule has 0 aliphatic heterocycles. The number of amides is 1. The first-order valence-electron chi connectivity index (χ1n) is 7.91. The molecule has 150 valence electrons. The predicted octanol–water partition coefficient (Wildman–Crippen LogP) is 3.77. The van der Waals surface area contributed by atoms with Gasteiger partial charge in [0.1, 0.15) is 5.82 Å². The van der Waals surface area contributed by atoms with Crippen molar-refractivity contribution in [2.75, 3.05) is 5.32 Å². The fourth-order valence-corrected chi connectivity index (χ4v) is 4.31. The summed E-state index contributed by atoms with van der Waals surface area (Å²) in [6.07, 6.45) is 2.87. The van der Waals surface area contributed by atoms with Gasteiger partial charge in [0, 0.05) is 24.0 Å². The van der Waals surface area contributed by atoms with E-state index in [1.165, 1.54) is 36.7 Å². The molecule has 0 aliphatic rings. The summed E-state index contributed by atoms with van der Waals surface area (Å²) in [5.74, 6) is -6.92. The Morgan fingerprint density at radius 1 is 1.07 bits per heavy atom. The van der Waals surface area contributed by atoms with Crippen molar-refractivity contribution in [2.45, 2.75) is 10.6 Å². The SMILES string of the molecule is O=C(Nc1cc(F)c(F)c(F)n1)c1ccc(Cl)c(S(=O)(=O)Cc2ccncc2)c1. The average Bonchev–Trinajstić information content (AvgIpc) is 2.66. The van der Waals surface area contributed by atoms with E-state index < -0.39 is 39.1 Å². The van der Waals surface area contributed by atoms with Crippen LogP contribution in [0.2, 0.25) is 5.02 Å². The molecule has 0 saturated heterocycles. The van der Waals surface area contributed by atoms with Crippen molar-refractivity contribution in [2.24, 2.45) is 0 Å². The molecule has 0 atom stereocenters. The van der Waals surface area contributed by atoms with E-state index in [2.05, 4.69) is 15.3 Å². The number of pyridine rings is 2. The quantitative estimate of drug-likeness (QED) is 0.609. The zero-order valence-electron chi connectivity index (χ0n) is 14.4. The largest absolute Gasteiger partial charge is 0.306 e. The Morgan fingerprint density at radius 3 is 2.41 bits per heavy atom. The van der Waals surface area contributed by atoms with Crippen LogP contribution < -0.4 is 5.32 Å². The maximum Gasteiger partial charge on any atom is 0.256 e. The number of halogens is 4. The van der Waals surface area contributed by atoms with Gasteiger partial charge in [0.2, 0.25) is 5.82 Å². The summed E-state index contributed by atoms with van der Waals surface area (Å²) in [5.41, 5.74) is 0.307. The Balaban J connectivity index is 1.89. The number of carbonyl (C=O) groups excluding carboxylic acids is 1. The highest BCUT2D eigenvalue weighted by Crippen LogP contribution is 2.26. The maximum absolute atomic E-state index is 13.3. The van der Waals surface area contributed by atoms with Gasteiger partial charge in [0.05, 0.1) is 15.7 Å². The third-order valence-electron chi connectivity index (χ3n) is 3.75. The van der Waals surface area contributed by atoms with Crippen LogP contribution in [0.5, 0.6) is 0 Å². The van der Waals surface area contributed by atoms with Crippen LogP contribution >= 0.6 is 11.6 Å². The molecule has 2 heterocycles. The number of rotatable bonds is 5. The van der Waals surface area contributed by atoms with Crippen molar-refractivity contribution < 1.29 is 26.4 Å². The number of anilines is 1. The summed E-state index contributed by atoms with van der Waals surface area (Å²) >= 11 is 5.99. The Kier molecular flexibility index (Phi) is 5.85. The van der Waals surface area contributed by atoms with Crippen molar-refractivity contribution >= 4 is 33.2 Å². The van der Waals surface area contributed by atoms with E-state index in [4.69, 9.17) is 11.6 Å². The molecule has 29 heavy (non-hydrogen) atoms. The van der Waals surface area contributed by atoms with E-state index in [1.54, 1.807) is 0 Å². The third-order valence-corrected chi connectivity index (χ3v) is 5.91. The zero-order valence-corrected chi connectivity index (χ0v) is 15.9. The first-order valence-corrected chi connectivity index (χ1v) is 9.94. The van der Waals surface area contributed by atoms with Crippen LogP contribution in [0.1, 0.15) is 15.9 Å². The molecule has 1 aromatic carbocycles. The third kappa shape index (κ3) is 4.72. The van der Waals surface area contributed by atoms with Crippen molar-refractivity contribution in [3.63, 3.8) is 0 Å². The maximum atomic E-state index is 13.3. The minimum absolute atomic E-state index is 0.104. The van der Waals surface area contributed by atoms with Gasteiger partial charge in [-0.1, -0.05) is 11.6 Å². The highest BCUT2D eigenvalue weighted by atomic mass is 35.5. The Labute approximate surface area is 168 Å². The molecule has 0 radical (unpaired) electrons. The summed E-state index contributed by atoms with van der Waals surface area (Å²) in [6.45, 7) is 0. The highest BCUT2D eigenvalue weighted by molar-refractivity contribution is 7.90. The van der Waals surface area contributed by atoms with Gasteiger partial charge in [-0.15, -0.1) is 0 Å². The van der Waals surface area contributed by atoms with E-state index in [-0.39, 0.29) is 21.2 Å². The van der Waals surface area contributed by atoms with Crippen LogP contribution in [-0.4, -0.2) is 24.3 Å². The fourth-order valence-electron chi connectivity index (χ4n) is 2.38. The zero-order chi connectivity index (χ0) is 21.2. The molecular weight excluding hydrogens is 431 g/mol. The second-order valence-corrected chi connectivity index (χ2v) is 8.17. The lowest BCUT2D eigenvalue weighted by molar-refractivity contribution is 0.102. The van der Waals surface area contributed by atoms with E-state index in [0.717, 1.165) is 6.07 Å². The topological polar surface area (TPSA) is 89.0 Å². The van der Waals surface area contributed by atoms with E-state index in [0.29, 0.717) is 11.6 Å². The second kappa shape index (κ2) is 8.18. The first kappa shape index (κ1) is 20.7. The van der Waals surface area contributed by atoms with Gasteiger partial charge < -0.3 is 5.32 Å². The number of nitrogens with zero attached hydrogens (tertiary/aromatic N) is 2. The molecule has 1 N–H and O–H groups in total. The predicted molar refractivity (Wildman–Crippen MR) is 98.6 cm³/mol. The van der Waals surface area contributed by atoms with Crippen molar-refractivity contribution in [1.82, 2.24) is 9.97 Å². The Morgan fingerprint density at radius 2 is 1.76 bits per heavy atom. The van der Waals surface area contributed by atoms with Crippen LogP contribution in [0.25, 0.3) is 0 Å². The van der Waals surface area contributed by atoms with Crippen LogP contribution in [-0.2, 0) is 15.6 Å². The number of hydrogen-bond acceptors (Lipinski definition) is 5. The van der Waals surface area contributed by atoms with E-state index >= 15 is 0 Å². The van der Waals surface area contributed by atoms with Crippen LogP contribution in [0, 0.1) is 17.6 Å². The monoisotopic (exact) mass is 441 g/mol. The van der Waals surface area contributed by atoms with Gasteiger partial charge in [0.15, 0.2) is 15.7 Å². The van der Waals surface area contributed by atoms with Crippen molar-refractivity contribution in [3.8, 4) is 0 Å². The van der Waals surface area contributed by atoms with Gasteiger partial charge in [0.25, 0.3) is 11.9 Å². The van der Waals surface area contributed by atoms with Crippen molar-refractivity contribution in [3.05, 3.63) is 82.5 Å². The lowest BCUT2D eigenvalue weighted by Gasteiger charge is -2.10. The number of nitrogens with one attached hydrogen (secondary N) is 1. The molecule has 0 saturated carbocycles. The van der Waals surface area contributed by atoms with Crippen LogP contribution in [0.3, 0.4) is 0 Å². The molecule has 0 fully saturated rings. The highest BCUT2D eigenvalue weighted by Gasteiger charge is 2.22. The van der Waals surface area contributed by atoms with Crippen molar-refractivity contribution in [1.29, 1.82) is 0 Å². The summed E-state index contributed by atoms with van der Waals surface area (Å²) in [4.78, 5) is 18.9. The van der Waals surface area contributed by atoms with Gasteiger partial charge in [-0.3, -0.25) is 9.78 Å². The molecule has 3 rings (SSSR count). The number of sulfone groups is 1. The molecule has 2 aromatic heterocycles. The first-order chi connectivity index (χ1) is 13.7. The van der Waals surface area contributed by atoms with Gasteiger partial charge in [-0.25, -0.2) is 12.8 Å². The second-order valence-electron chi connectivity index (χ2n) is 5.81. The number of carbonyl (C=O) groups is 1. The minimum Gasteiger partial charge on any atom is -0.306 e. The summed E-state index contributed by atoms with van der Waals surface area (Å²) in [7, 11) is -3.92. The molecule has 1 amide bonds. The van der Waals surface area contributed by atoms with Crippen LogP contribution in [0.4, 0.5) is 19.0 Å². The molecule has 0 aliphatic carbocycles. The smallest absolute Gasteiger partial charge is 0.256 e. The minimum atomic E-state index is -3.92. The van der Waals surface area contributed by atoms with Gasteiger partial charge >= 0.3 is 0 Å². The average molecular weight is 442 g/mol. The summed E-state index contributed by atoms with van der Waals surface area (Å²) in [6, 6.07) is 6.99. The standard InChI is InChI=1S/C18H11ClF3N3O3S/c19-12-2-1-11(18(26)25-15-8-13(20)16(21)17(22)24-15)7-14(12)29(27,28)9-10-3-5-23-6-4-10/h1-8H,9H2,(H,24,25,26). The molecule has 6 nitrogen and oxygen atoms in total. The lowest BCUT2D eigenvalue weighted by atomic mass is 10.2. The number of hydrogen-bond donors (Lipinski definition) is 1. The Bertz CT molecular complexity index is 1170. The van der Waals surface area contributed by atoms with E-state index in [1.807, 2.05) is 0 Å². The molecule has 3 aromatic rings. The van der Waals surface area contributed by atoms with E-state index in [9.17, 15) is 26.4 Å². The molecule has 0 bridgehead atoms. The lowest BCUT2D eigenvalue weighted by Crippen LogP contribution is -2.15. The number of benzene rings is 1. The van der Waals surface area contributed by atoms with Crippen LogP contribution in [0.15, 0.2) is 53.7 Å².